The summed E-state index contributed by atoms with van der Waals surface area (Å²) in [6.07, 6.45) is 5.63. The number of piperidine rings is 1. The molecule has 6 heteroatoms. The van der Waals surface area contributed by atoms with E-state index in [1.54, 1.807) is 6.33 Å². The lowest BCUT2D eigenvalue weighted by atomic mass is 10.1. The van der Waals surface area contributed by atoms with E-state index in [0.717, 1.165) is 35.6 Å². The molecule has 3 heterocycles. The molecule has 0 aromatic carbocycles. The van der Waals surface area contributed by atoms with Crippen molar-refractivity contribution < 1.29 is 0 Å². The van der Waals surface area contributed by atoms with Crippen LogP contribution < -0.4 is 5.32 Å². The Morgan fingerprint density at radius 1 is 1.21 bits per heavy atom. The lowest BCUT2D eigenvalue weighted by molar-refractivity contribution is 0.237. The van der Waals surface area contributed by atoms with Gasteiger partial charge in [-0.15, -0.1) is 0 Å². The number of aryl methyl sites for hydroxylation is 1. The molecule has 3 rings (SSSR count). The molecule has 1 aliphatic heterocycles. The van der Waals surface area contributed by atoms with Crippen LogP contribution in [0, 0.1) is 6.92 Å². The molecule has 0 atom stereocenters. The van der Waals surface area contributed by atoms with Crippen molar-refractivity contribution in [1.82, 2.24) is 25.1 Å². The third-order valence-electron chi connectivity index (χ3n) is 3.68. The minimum Gasteiger partial charge on any atom is -0.367 e. The van der Waals surface area contributed by atoms with Gasteiger partial charge < -0.3 is 10.2 Å². The zero-order chi connectivity index (χ0) is 13.1. The summed E-state index contributed by atoms with van der Waals surface area (Å²) in [6, 6.07) is 0. The first-order chi connectivity index (χ1) is 9.34. The van der Waals surface area contributed by atoms with Crippen LogP contribution in [0.3, 0.4) is 0 Å². The van der Waals surface area contributed by atoms with Crippen molar-refractivity contribution in [2.75, 3.05) is 31.5 Å². The van der Waals surface area contributed by atoms with E-state index in [4.69, 9.17) is 0 Å². The molecular formula is C13H20N6. The fraction of sp³-hybridized carbons (Fsp3) is 0.615. The van der Waals surface area contributed by atoms with Gasteiger partial charge in [0.15, 0.2) is 11.3 Å². The Balaban J connectivity index is 1.62. The minimum atomic E-state index is 0.825. The third kappa shape index (κ3) is 2.68. The number of likely N-dealkylation sites (tertiary alicyclic amines) is 1. The van der Waals surface area contributed by atoms with Gasteiger partial charge in [-0.05, 0) is 32.9 Å². The van der Waals surface area contributed by atoms with Crippen LogP contribution in [0.25, 0.3) is 11.0 Å². The second-order valence-electron chi connectivity index (χ2n) is 5.10. The summed E-state index contributed by atoms with van der Waals surface area (Å²) in [5.74, 6) is 0.825. The van der Waals surface area contributed by atoms with Crippen molar-refractivity contribution in [3.05, 3.63) is 12.0 Å². The lowest BCUT2D eigenvalue weighted by Gasteiger charge is -2.26. The highest BCUT2D eigenvalue weighted by Crippen LogP contribution is 2.18. The van der Waals surface area contributed by atoms with Crippen LogP contribution in [0.5, 0.6) is 0 Å². The quantitative estimate of drug-likeness (QED) is 0.873. The topological polar surface area (TPSA) is 69.7 Å². The van der Waals surface area contributed by atoms with E-state index in [9.17, 15) is 0 Å². The minimum absolute atomic E-state index is 0.825. The lowest BCUT2D eigenvalue weighted by Crippen LogP contribution is -2.33. The van der Waals surface area contributed by atoms with E-state index in [2.05, 4.69) is 30.4 Å². The number of anilines is 1. The van der Waals surface area contributed by atoms with Crippen molar-refractivity contribution in [3.63, 3.8) is 0 Å². The molecule has 0 unspecified atom stereocenters. The van der Waals surface area contributed by atoms with E-state index < -0.39 is 0 Å². The maximum atomic E-state index is 4.28. The van der Waals surface area contributed by atoms with Crippen LogP contribution in [0.15, 0.2) is 6.33 Å². The number of nitrogens with zero attached hydrogens (tertiary/aromatic N) is 4. The Bertz CT molecular complexity index is 543. The average Bonchev–Trinajstić information content (AvgIpc) is 2.83. The summed E-state index contributed by atoms with van der Waals surface area (Å²) < 4.78 is 0. The number of fused-ring (bicyclic) bond motifs is 1. The fourth-order valence-corrected chi connectivity index (χ4v) is 2.60. The number of H-pyrrole nitrogens is 1. The molecule has 2 aromatic heterocycles. The number of hydrogen-bond donors (Lipinski definition) is 2. The number of hydrogen-bond acceptors (Lipinski definition) is 5. The van der Waals surface area contributed by atoms with E-state index in [-0.39, 0.29) is 0 Å². The summed E-state index contributed by atoms with van der Waals surface area (Å²) in [5.41, 5.74) is 2.71. The molecule has 1 saturated heterocycles. The van der Waals surface area contributed by atoms with Gasteiger partial charge >= 0.3 is 0 Å². The summed E-state index contributed by atoms with van der Waals surface area (Å²) in [6.45, 7) is 6.39. The van der Waals surface area contributed by atoms with Gasteiger partial charge in [-0.2, -0.15) is 5.10 Å². The van der Waals surface area contributed by atoms with Gasteiger partial charge in [0.1, 0.15) is 11.8 Å². The highest BCUT2D eigenvalue weighted by atomic mass is 15.2. The molecular weight excluding hydrogens is 240 g/mol. The number of rotatable bonds is 4. The number of aromatic nitrogens is 4. The van der Waals surface area contributed by atoms with Crippen molar-refractivity contribution in [2.24, 2.45) is 0 Å². The summed E-state index contributed by atoms with van der Waals surface area (Å²) >= 11 is 0. The average molecular weight is 260 g/mol. The van der Waals surface area contributed by atoms with Gasteiger partial charge in [0.2, 0.25) is 0 Å². The molecule has 1 fully saturated rings. The van der Waals surface area contributed by atoms with E-state index in [1.165, 1.54) is 32.4 Å². The Morgan fingerprint density at radius 2 is 2.05 bits per heavy atom. The fourth-order valence-electron chi connectivity index (χ4n) is 2.60. The largest absolute Gasteiger partial charge is 0.367 e. The second-order valence-corrected chi connectivity index (χ2v) is 5.10. The zero-order valence-electron chi connectivity index (χ0n) is 11.3. The van der Waals surface area contributed by atoms with Crippen LogP contribution >= 0.6 is 0 Å². The molecule has 2 aromatic rings. The highest BCUT2D eigenvalue weighted by Gasteiger charge is 2.11. The van der Waals surface area contributed by atoms with Crippen LogP contribution in [0.4, 0.5) is 5.82 Å². The Kier molecular flexibility index (Phi) is 3.59. The normalized spacial score (nSPS) is 16.9. The predicted molar refractivity (Wildman–Crippen MR) is 75.2 cm³/mol. The molecule has 2 N–H and O–H groups in total. The first kappa shape index (κ1) is 12.3. The summed E-state index contributed by atoms with van der Waals surface area (Å²) in [4.78, 5) is 11.0. The molecule has 0 aliphatic carbocycles. The summed E-state index contributed by atoms with van der Waals surface area (Å²) in [5, 5.41) is 10.6. The number of aromatic amines is 1. The molecule has 1 aliphatic rings. The number of nitrogens with one attached hydrogen (secondary N) is 2. The van der Waals surface area contributed by atoms with Gasteiger partial charge in [-0.1, -0.05) is 6.42 Å². The first-order valence-electron chi connectivity index (χ1n) is 6.96. The SMILES string of the molecule is Cc1[nH]nc2c(NCCN3CCCCC3)ncnc12. The van der Waals surface area contributed by atoms with Crippen molar-refractivity contribution in [1.29, 1.82) is 0 Å². The van der Waals surface area contributed by atoms with Crippen LogP contribution in [-0.2, 0) is 0 Å². The van der Waals surface area contributed by atoms with E-state index in [1.807, 2.05) is 6.92 Å². The molecule has 0 radical (unpaired) electrons. The van der Waals surface area contributed by atoms with Gasteiger partial charge in [-0.3, -0.25) is 5.10 Å². The maximum absolute atomic E-state index is 4.28. The second kappa shape index (κ2) is 5.52. The van der Waals surface area contributed by atoms with Crippen molar-refractivity contribution in [3.8, 4) is 0 Å². The van der Waals surface area contributed by atoms with E-state index >= 15 is 0 Å². The Morgan fingerprint density at radius 3 is 2.89 bits per heavy atom. The van der Waals surface area contributed by atoms with Gasteiger partial charge in [-0.25, -0.2) is 9.97 Å². The molecule has 0 saturated carbocycles. The molecule has 0 spiro atoms. The van der Waals surface area contributed by atoms with Crippen LogP contribution in [0.1, 0.15) is 25.0 Å². The third-order valence-corrected chi connectivity index (χ3v) is 3.68. The Hall–Kier alpha value is -1.69. The van der Waals surface area contributed by atoms with Crippen molar-refractivity contribution in [2.45, 2.75) is 26.2 Å². The smallest absolute Gasteiger partial charge is 0.157 e. The molecule has 102 valence electrons. The monoisotopic (exact) mass is 260 g/mol. The molecule has 0 bridgehead atoms. The maximum Gasteiger partial charge on any atom is 0.157 e. The highest BCUT2D eigenvalue weighted by molar-refractivity contribution is 5.86. The van der Waals surface area contributed by atoms with E-state index in [0.29, 0.717) is 0 Å². The first-order valence-corrected chi connectivity index (χ1v) is 6.96. The zero-order valence-corrected chi connectivity index (χ0v) is 11.3. The standard InChI is InChI=1S/C13H20N6/c1-10-11-12(18-17-10)13(16-9-15-11)14-5-8-19-6-3-2-4-7-19/h9H,2-8H2,1H3,(H,17,18)(H,14,15,16). The van der Waals surface area contributed by atoms with Gasteiger partial charge in [0.25, 0.3) is 0 Å². The molecule has 19 heavy (non-hydrogen) atoms. The van der Waals surface area contributed by atoms with Crippen LogP contribution in [0.2, 0.25) is 0 Å². The molecule has 0 amide bonds. The predicted octanol–water partition coefficient (Wildman–Crippen LogP) is 1.56. The summed E-state index contributed by atoms with van der Waals surface area (Å²) in [7, 11) is 0. The van der Waals surface area contributed by atoms with Gasteiger partial charge in [0.05, 0.1) is 5.69 Å². The Labute approximate surface area is 112 Å². The van der Waals surface area contributed by atoms with Crippen molar-refractivity contribution >= 4 is 16.9 Å². The van der Waals surface area contributed by atoms with Crippen LogP contribution in [-0.4, -0.2) is 51.2 Å². The van der Waals surface area contributed by atoms with Gasteiger partial charge in [0, 0.05) is 13.1 Å². The molecule has 6 nitrogen and oxygen atoms in total.